The minimum atomic E-state index is -1.05. The van der Waals surface area contributed by atoms with Crippen molar-refractivity contribution in [3.8, 4) is 0 Å². The predicted molar refractivity (Wildman–Crippen MR) is 74.0 cm³/mol. The zero-order chi connectivity index (χ0) is 14.9. The summed E-state index contributed by atoms with van der Waals surface area (Å²) in [5.74, 6) is -1.05. The lowest BCUT2D eigenvalue weighted by molar-refractivity contribution is 0.0224. The first-order chi connectivity index (χ1) is 9.28. The lowest BCUT2D eigenvalue weighted by atomic mass is 10.2. The molecule has 0 saturated carbocycles. The normalized spacial score (nSPS) is 19.1. The van der Waals surface area contributed by atoms with Crippen molar-refractivity contribution in [2.24, 2.45) is 0 Å². The Morgan fingerprint density at radius 2 is 2.20 bits per heavy atom. The van der Waals surface area contributed by atoms with Crippen molar-refractivity contribution >= 4 is 23.4 Å². The van der Waals surface area contributed by atoms with E-state index in [9.17, 15) is 9.59 Å². The van der Waals surface area contributed by atoms with Gasteiger partial charge in [0, 0.05) is 11.9 Å². The summed E-state index contributed by atoms with van der Waals surface area (Å²) in [6.45, 7) is 6.08. The van der Waals surface area contributed by atoms with E-state index in [2.05, 4.69) is 4.98 Å². The third-order valence-corrected chi connectivity index (χ3v) is 3.85. The van der Waals surface area contributed by atoms with Gasteiger partial charge in [0.2, 0.25) is 0 Å². The van der Waals surface area contributed by atoms with Gasteiger partial charge in [-0.05, 0) is 33.6 Å². The van der Waals surface area contributed by atoms with Gasteiger partial charge in [0.25, 0.3) is 0 Å². The number of carbonyl (C=O) groups is 2. The van der Waals surface area contributed by atoms with Gasteiger partial charge in [-0.25, -0.2) is 14.6 Å². The van der Waals surface area contributed by atoms with E-state index in [1.807, 2.05) is 20.8 Å². The fourth-order valence-electron chi connectivity index (χ4n) is 2.10. The number of carbonyl (C=O) groups excluding carboxylic acids is 1. The largest absolute Gasteiger partial charge is 0.476 e. The molecule has 110 valence electrons. The van der Waals surface area contributed by atoms with Crippen LogP contribution in [-0.4, -0.2) is 39.2 Å². The van der Waals surface area contributed by atoms with Gasteiger partial charge < -0.3 is 9.84 Å². The quantitative estimate of drug-likeness (QED) is 0.908. The molecule has 1 aromatic rings. The molecule has 20 heavy (non-hydrogen) atoms. The standard InChI is InChI=1S/C13H18N2O4S/c1-13(2,3)19-12(18)15-6-4-5-9(15)10-14-8(7-20-10)11(16)17/h7,9H,4-6H2,1-3H3,(H,16,17). The van der Waals surface area contributed by atoms with E-state index in [0.717, 1.165) is 12.8 Å². The Morgan fingerprint density at radius 3 is 2.75 bits per heavy atom. The summed E-state index contributed by atoms with van der Waals surface area (Å²) in [6, 6.07) is -0.178. The van der Waals surface area contributed by atoms with E-state index >= 15 is 0 Å². The fourth-order valence-corrected chi connectivity index (χ4v) is 3.04. The molecule has 2 rings (SSSR count). The Kier molecular flexibility index (Phi) is 3.99. The van der Waals surface area contributed by atoms with Gasteiger partial charge in [-0.3, -0.25) is 4.90 Å². The highest BCUT2D eigenvalue weighted by Gasteiger charge is 2.35. The molecule has 1 aromatic heterocycles. The number of carboxylic acids is 1. The summed E-state index contributed by atoms with van der Waals surface area (Å²) in [5, 5.41) is 11.1. The summed E-state index contributed by atoms with van der Waals surface area (Å²) < 4.78 is 5.38. The number of carboxylic acid groups (broad SMARTS) is 1. The number of thiazole rings is 1. The molecule has 1 saturated heterocycles. The monoisotopic (exact) mass is 298 g/mol. The van der Waals surface area contributed by atoms with Crippen molar-refractivity contribution in [1.29, 1.82) is 0 Å². The maximum Gasteiger partial charge on any atom is 0.410 e. The van der Waals surface area contributed by atoms with E-state index in [0.29, 0.717) is 11.6 Å². The number of aromatic nitrogens is 1. The van der Waals surface area contributed by atoms with Crippen LogP contribution in [0.2, 0.25) is 0 Å². The van der Waals surface area contributed by atoms with Gasteiger partial charge in [-0.2, -0.15) is 0 Å². The SMILES string of the molecule is CC(C)(C)OC(=O)N1CCCC1c1nc(C(=O)O)cs1. The molecule has 0 aromatic carbocycles. The van der Waals surface area contributed by atoms with Crippen molar-refractivity contribution in [3.63, 3.8) is 0 Å². The number of likely N-dealkylation sites (tertiary alicyclic amines) is 1. The first kappa shape index (κ1) is 14.8. The maximum atomic E-state index is 12.1. The Labute approximate surface area is 121 Å². The van der Waals surface area contributed by atoms with E-state index in [1.165, 1.54) is 16.7 Å². The molecule has 0 radical (unpaired) electrons. The Balaban J connectivity index is 2.14. The van der Waals surface area contributed by atoms with Crippen LogP contribution >= 0.6 is 11.3 Å². The van der Waals surface area contributed by atoms with E-state index in [-0.39, 0.29) is 17.8 Å². The highest BCUT2D eigenvalue weighted by Crippen LogP contribution is 2.34. The van der Waals surface area contributed by atoms with E-state index < -0.39 is 11.6 Å². The van der Waals surface area contributed by atoms with Crippen LogP contribution in [0.3, 0.4) is 0 Å². The molecule has 2 heterocycles. The Morgan fingerprint density at radius 1 is 1.50 bits per heavy atom. The number of ether oxygens (including phenoxy) is 1. The van der Waals surface area contributed by atoms with Gasteiger partial charge in [-0.15, -0.1) is 11.3 Å². The first-order valence-corrected chi connectivity index (χ1v) is 7.34. The molecule has 0 spiro atoms. The van der Waals surface area contributed by atoms with Crippen molar-refractivity contribution < 1.29 is 19.4 Å². The maximum absolute atomic E-state index is 12.1. The van der Waals surface area contributed by atoms with Crippen LogP contribution in [0.15, 0.2) is 5.38 Å². The number of rotatable bonds is 2. The summed E-state index contributed by atoms with van der Waals surface area (Å²) >= 11 is 1.27. The molecular weight excluding hydrogens is 280 g/mol. The highest BCUT2D eigenvalue weighted by molar-refractivity contribution is 7.09. The second kappa shape index (κ2) is 5.40. The molecule has 0 aliphatic carbocycles. The zero-order valence-corrected chi connectivity index (χ0v) is 12.6. The lowest BCUT2D eigenvalue weighted by Gasteiger charge is -2.27. The van der Waals surface area contributed by atoms with Crippen molar-refractivity contribution in [1.82, 2.24) is 9.88 Å². The summed E-state index contributed by atoms with van der Waals surface area (Å²) in [7, 11) is 0. The molecule has 1 aliphatic rings. The van der Waals surface area contributed by atoms with Gasteiger partial charge in [0.1, 0.15) is 10.6 Å². The van der Waals surface area contributed by atoms with Gasteiger partial charge >= 0.3 is 12.1 Å². The topological polar surface area (TPSA) is 79.7 Å². The van der Waals surface area contributed by atoms with Gasteiger partial charge in [-0.1, -0.05) is 0 Å². The van der Waals surface area contributed by atoms with Crippen molar-refractivity contribution in [3.05, 3.63) is 16.1 Å². The van der Waals surface area contributed by atoms with Crippen LogP contribution in [0, 0.1) is 0 Å². The van der Waals surface area contributed by atoms with Crippen LogP contribution < -0.4 is 0 Å². The molecule has 7 heteroatoms. The van der Waals surface area contributed by atoms with Crippen molar-refractivity contribution in [2.45, 2.75) is 45.3 Å². The van der Waals surface area contributed by atoms with E-state index in [1.54, 1.807) is 4.90 Å². The number of hydrogen-bond acceptors (Lipinski definition) is 5. The highest BCUT2D eigenvalue weighted by atomic mass is 32.1. The molecule has 0 bridgehead atoms. The molecular formula is C13H18N2O4S. The summed E-state index contributed by atoms with van der Waals surface area (Å²) in [4.78, 5) is 28.7. The molecule has 1 amide bonds. The van der Waals surface area contributed by atoms with E-state index in [4.69, 9.17) is 9.84 Å². The lowest BCUT2D eigenvalue weighted by Crippen LogP contribution is -2.36. The molecule has 1 atom stereocenters. The minimum absolute atomic E-state index is 0.0287. The first-order valence-electron chi connectivity index (χ1n) is 6.46. The zero-order valence-electron chi connectivity index (χ0n) is 11.8. The second-order valence-corrected chi connectivity index (χ2v) is 6.60. The summed E-state index contributed by atoms with van der Waals surface area (Å²) in [6.07, 6.45) is 1.28. The Hall–Kier alpha value is -1.63. The number of aromatic carboxylic acids is 1. The van der Waals surface area contributed by atoms with Gasteiger partial charge in [0.05, 0.1) is 6.04 Å². The molecule has 1 unspecified atom stereocenters. The molecule has 1 aliphatic heterocycles. The third-order valence-electron chi connectivity index (χ3n) is 2.91. The fraction of sp³-hybridized carbons (Fsp3) is 0.615. The summed E-state index contributed by atoms with van der Waals surface area (Å²) in [5.41, 5.74) is -0.514. The Bertz CT molecular complexity index is 521. The third kappa shape index (κ3) is 3.27. The number of hydrogen-bond donors (Lipinski definition) is 1. The number of amides is 1. The molecule has 1 N–H and O–H groups in total. The van der Waals surface area contributed by atoms with Crippen molar-refractivity contribution in [2.75, 3.05) is 6.54 Å². The average molecular weight is 298 g/mol. The average Bonchev–Trinajstić information content (AvgIpc) is 2.95. The van der Waals surface area contributed by atoms with Gasteiger partial charge in [0.15, 0.2) is 5.69 Å². The number of nitrogens with zero attached hydrogens (tertiary/aromatic N) is 2. The van der Waals surface area contributed by atoms with Crippen LogP contribution in [0.1, 0.15) is 55.2 Å². The smallest absolute Gasteiger partial charge is 0.410 e. The predicted octanol–water partition coefficient (Wildman–Crippen LogP) is 2.91. The second-order valence-electron chi connectivity index (χ2n) is 5.71. The van der Waals surface area contributed by atoms with Crippen LogP contribution in [0.5, 0.6) is 0 Å². The molecule has 1 fully saturated rings. The minimum Gasteiger partial charge on any atom is -0.476 e. The molecule has 6 nitrogen and oxygen atoms in total. The van der Waals surface area contributed by atoms with Crippen LogP contribution in [-0.2, 0) is 4.74 Å². The van der Waals surface area contributed by atoms with Crippen LogP contribution in [0.4, 0.5) is 4.79 Å². The van der Waals surface area contributed by atoms with Crippen LogP contribution in [0.25, 0.3) is 0 Å².